The van der Waals surface area contributed by atoms with E-state index in [1.807, 2.05) is 0 Å². The minimum Gasteiger partial charge on any atom is -0.481 e. The third-order valence-corrected chi connectivity index (χ3v) is 4.34. The van der Waals surface area contributed by atoms with E-state index in [9.17, 15) is 9.59 Å². The summed E-state index contributed by atoms with van der Waals surface area (Å²) in [5.41, 5.74) is -0.455. The molecule has 0 spiro atoms. The van der Waals surface area contributed by atoms with Gasteiger partial charge < -0.3 is 15.7 Å². The number of aliphatic carboxylic acids is 1. The van der Waals surface area contributed by atoms with Gasteiger partial charge in [-0.05, 0) is 45.1 Å². The van der Waals surface area contributed by atoms with Gasteiger partial charge in [0.2, 0.25) is 5.91 Å². The van der Waals surface area contributed by atoms with Crippen molar-refractivity contribution < 1.29 is 14.7 Å². The van der Waals surface area contributed by atoms with Crippen LogP contribution in [0.4, 0.5) is 0 Å². The summed E-state index contributed by atoms with van der Waals surface area (Å²) in [7, 11) is 0. The molecule has 5 heteroatoms. The number of hydrogen-bond donors (Lipinski definition) is 3. The Balaban J connectivity index is 1.72. The highest BCUT2D eigenvalue weighted by Gasteiger charge is 2.40. The second-order valence-corrected chi connectivity index (χ2v) is 5.94. The van der Waals surface area contributed by atoms with Crippen molar-refractivity contribution in [1.82, 2.24) is 10.6 Å². The van der Waals surface area contributed by atoms with Crippen LogP contribution < -0.4 is 10.6 Å². The normalized spacial score (nSPS) is 25.4. The molecule has 1 aliphatic heterocycles. The van der Waals surface area contributed by atoms with Crippen LogP contribution in [0.3, 0.4) is 0 Å². The van der Waals surface area contributed by atoms with E-state index in [1.54, 1.807) is 0 Å². The summed E-state index contributed by atoms with van der Waals surface area (Å²) < 4.78 is 0. The van der Waals surface area contributed by atoms with Gasteiger partial charge in [0.1, 0.15) is 0 Å². The average Bonchev–Trinajstić information content (AvgIpc) is 2.34. The van der Waals surface area contributed by atoms with Gasteiger partial charge in [-0.25, -0.2) is 0 Å². The molecule has 1 atom stereocenters. The molecule has 1 amide bonds. The number of hydrogen-bond acceptors (Lipinski definition) is 3. The van der Waals surface area contributed by atoms with Crippen molar-refractivity contribution >= 4 is 11.9 Å². The number of rotatable bonds is 6. The third-order valence-electron chi connectivity index (χ3n) is 4.34. The molecular formula is C14H24N2O3. The Morgan fingerprint density at radius 3 is 2.58 bits per heavy atom. The lowest BCUT2D eigenvalue weighted by atomic mass is 9.74. The first-order valence-electron chi connectivity index (χ1n) is 7.36. The van der Waals surface area contributed by atoms with E-state index in [0.717, 1.165) is 38.6 Å². The number of carboxylic acids is 1. The molecule has 0 aromatic rings. The van der Waals surface area contributed by atoms with Crippen LogP contribution in [0.25, 0.3) is 0 Å². The quantitative estimate of drug-likeness (QED) is 0.681. The zero-order chi connectivity index (χ0) is 13.7. The number of amides is 1. The van der Waals surface area contributed by atoms with Crippen LogP contribution in [0.2, 0.25) is 0 Å². The monoisotopic (exact) mass is 268 g/mol. The maximum Gasteiger partial charge on any atom is 0.305 e. The second kappa shape index (κ2) is 6.37. The van der Waals surface area contributed by atoms with E-state index in [-0.39, 0.29) is 12.3 Å². The molecule has 0 bridgehead atoms. The Morgan fingerprint density at radius 1 is 1.26 bits per heavy atom. The molecule has 0 radical (unpaired) electrons. The second-order valence-electron chi connectivity index (χ2n) is 5.94. The van der Waals surface area contributed by atoms with E-state index in [0.29, 0.717) is 12.5 Å². The molecule has 1 heterocycles. The summed E-state index contributed by atoms with van der Waals surface area (Å²) in [6.45, 7) is 1.05. The molecule has 5 nitrogen and oxygen atoms in total. The highest BCUT2D eigenvalue weighted by molar-refractivity contribution is 5.78. The van der Waals surface area contributed by atoms with Crippen LogP contribution >= 0.6 is 0 Å². The molecule has 1 saturated carbocycles. The van der Waals surface area contributed by atoms with Gasteiger partial charge in [-0.1, -0.05) is 6.42 Å². The van der Waals surface area contributed by atoms with Gasteiger partial charge in [-0.2, -0.15) is 0 Å². The van der Waals surface area contributed by atoms with Gasteiger partial charge in [0.15, 0.2) is 0 Å². The smallest absolute Gasteiger partial charge is 0.305 e. The summed E-state index contributed by atoms with van der Waals surface area (Å²) in [4.78, 5) is 22.8. The molecule has 2 rings (SSSR count). The Labute approximate surface area is 114 Å². The van der Waals surface area contributed by atoms with Crippen LogP contribution in [0.5, 0.6) is 0 Å². The molecule has 2 fully saturated rings. The Bertz CT molecular complexity index is 334. The van der Waals surface area contributed by atoms with Crippen LogP contribution in [-0.4, -0.2) is 35.1 Å². The van der Waals surface area contributed by atoms with Gasteiger partial charge in [0.05, 0.1) is 12.0 Å². The van der Waals surface area contributed by atoms with Gasteiger partial charge >= 0.3 is 5.97 Å². The molecular weight excluding hydrogens is 244 g/mol. The van der Waals surface area contributed by atoms with Crippen LogP contribution in [-0.2, 0) is 9.59 Å². The van der Waals surface area contributed by atoms with Gasteiger partial charge in [-0.15, -0.1) is 0 Å². The van der Waals surface area contributed by atoms with Crippen LogP contribution in [0.1, 0.15) is 57.8 Å². The van der Waals surface area contributed by atoms with Gasteiger partial charge in [0, 0.05) is 12.5 Å². The SMILES string of the molecule is O=C(O)CC1(NC(=O)CCC2CCCCN2)CCC1. The maximum absolute atomic E-state index is 11.9. The zero-order valence-corrected chi connectivity index (χ0v) is 11.4. The number of carboxylic acid groups (broad SMARTS) is 1. The fourth-order valence-electron chi connectivity index (χ4n) is 3.07. The number of piperidine rings is 1. The molecule has 19 heavy (non-hydrogen) atoms. The molecule has 108 valence electrons. The van der Waals surface area contributed by atoms with Crippen molar-refractivity contribution in [2.24, 2.45) is 0 Å². The molecule has 0 aromatic carbocycles. The van der Waals surface area contributed by atoms with E-state index >= 15 is 0 Å². The van der Waals surface area contributed by atoms with E-state index in [2.05, 4.69) is 10.6 Å². The van der Waals surface area contributed by atoms with Crippen molar-refractivity contribution in [3.05, 3.63) is 0 Å². The maximum atomic E-state index is 11.9. The fraction of sp³-hybridized carbons (Fsp3) is 0.857. The molecule has 3 N–H and O–H groups in total. The van der Waals surface area contributed by atoms with Gasteiger partial charge in [0.25, 0.3) is 0 Å². The van der Waals surface area contributed by atoms with Crippen LogP contribution in [0.15, 0.2) is 0 Å². The first-order chi connectivity index (χ1) is 9.10. The molecule has 0 aromatic heterocycles. The summed E-state index contributed by atoms with van der Waals surface area (Å²) in [5, 5.41) is 15.3. The van der Waals surface area contributed by atoms with E-state index in [4.69, 9.17) is 5.11 Å². The van der Waals surface area contributed by atoms with Crippen molar-refractivity contribution in [3.8, 4) is 0 Å². The van der Waals surface area contributed by atoms with E-state index in [1.165, 1.54) is 12.8 Å². The lowest BCUT2D eigenvalue weighted by Crippen LogP contribution is -2.54. The highest BCUT2D eigenvalue weighted by atomic mass is 16.4. The summed E-state index contributed by atoms with van der Waals surface area (Å²) in [6, 6.07) is 0.455. The summed E-state index contributed by atoms with van der Waals surface area (Å²) in [5.74, 6) is -0.817. The number of carbonyl (C=O) groups is 2. The van der Waals surface area contributed by atoms with Crippen molar-refractivity contribution in [3.63, 3.8) is 0 Å². The minimum absolute atomic E-state index is 0.00771. The standard InChI is InChI=1S/C14H24N2O3/c17-12(6-5-11-4-1-2-9-15-11)16-14(7-3-8-14)10-13(18)19/h11,15H,1-10H2,(H,16,17)(H,18,19). The predicted octanol–water partition coefficient (Wildman–Crippen LogP) is 1.42. The topological polar surface area (TPSA) is 78.4 Å². The Kier molecular flexibility index (Phi) is 4.80. The van der Waals surface area contributed by atoms with Crippen molar-refractivity contribution in [2.45, 2.75) is 69.4 Å². The lowest BCUT2D eigenvalue weighted by Gasteiger charge is -2.41. The zero-order valence-electron chi connectivity index (χ0n) is 11.4. The highest BCUT2D eigenvalue weighted by Crippen LogP contribution is 2.35. The first kappa shape index (κ1) is 14.3. The van der Waals surface area contributed by atoms with Crippen LogP contribution in [0, 0.1) is 0 Å². The minimum atomic E-state index is -0.825. The van der Waals surface area contributed by atoms with Crippen molar-refractivity contribution in [1.29, 1.82) is 0 Å². The summed E-state index contributed by atoms with van der Waals surface area (Å²) >= 11 is 0. The molecule has 2 aliphatic rings. The molecule has 1 saturated heterocycles. The number of nitrogens with one attached hydrogen (secondary N) is 2. The fourth-order valence-corrected chi connectivity index (χ4v) is 3.07. The third kappa shape index (κ3) is 4.20. The van der Waals surface area contributed by atoms with Gasteiger partial charge in [-0.3, -0.25) is 9.59 Å². The first-order valence-corrected chi connectivity index (χ1v) is 7.36. The Morgan fingerprint density at radius 2 is 2.05 bits per heavy atom. The lowest BCUT2D eigenvalue weighted by molar-refractivity contribution is -0.140. The predicted molar refractivity (Wildman–Crippen MR) is 71.9 cm³/mol. The average molecular weight is 268 g/mol. The number of carbonyl (C=O) groups excluding carboxylic acids is 1. The van der Waals surface area contributed by atoms with E-state index < -0.39 is 11.5 Å². The van der Waals surface area contributed by atoms with Crippen molar-refractivity contribution in [2.75, 3.05) is 6.54 Å². The summed E-state index contributed by atoms with van der Waals surface area (Å²) in [6.07, 6.45) is 7.63. The Hall–Kier alpha value is -1.10. The molecule has 1 aliphatic carbocycles. The largest absolute Gasteiger partial charge is 0.481 e. The molecule has 1 unspecified atom stereocenters.